The molecule has 0 aromatic carbocycles. The fourth-order valence-corrected chi connectivity index (χ4v) is 3.17. The van der Waals surface area contributed by atoms with Crippen LogP contribution in [0.2, 0.25) is 0 Å². The van der Waals surface area contributed by atoms with Crippen LogP contribution in [-0.2, 0) is 23.9 Å². The Morgan fingerprint density at radius 1 is 1.06 bits per heavy atom. The Balaban J connectivity index is 2.36. The van der Waals surface area contributed by atoms with Crippen molar-refractivity contribution >= 4 is 17.7 Å². The largest absolute Gasteiger partial charge is 0.468 e. The van der Waals surface area contributed by atoms with Gasteiger partial charge in [0, 0.05) is 12.1 Å². The standard InChI is InChI=1S/C12H17NO5/c1-13-6-4-5-7(13)9(12(16)18-3)10(14)8(6)11(15)17-2/h6-9H,4-5H2,1-3H3/t6-,7-,8-,9+/m1/s1. The summed E-state index contributed by atoms with van der Waals surface area (Å²) in [5.74, 6) is -3.23. The van der Waals surface area contributed by atoms with Gasteiger partial charge >= 0.3 is 11.9 Å². The number of Topliss-reactive ketones (excluding diaryl/α,β-unsaturated/α-hetero) is 1. The van der Waals surface area contributed by atoms with Crippen LogP contribution in [0.15, 0.2) is 0 Å². The van der Waals surface area contributed by atoms with E-state index < -0.39 is 23.8 Å². The van der Waals surface area contributed by atoms with Crippen LogP contribution in [0.25, 0.3) is 0 Å². The van der Waals surface area contributed by atoms with Crippen LogP contribution in [-0.4, -0.2) is 56.0 Å². The molecule has 0 amide bonds. The van der Waals surface area contributed by atoms with Crippen molar-refractivity contribution in [2.45, 2.75) is 24.9 Å². The maximum Gasteiger partial charge on any atom is 0.317 e. The second-order valence-corrected chi connectivity index (χ2v) is 4.78. The average molecular weight is 255 g/mol. The highest BCUT2D eigenvalue weighted by atomic mass is 16.5. The van der Waals surface area contributed by atoms with Gasteiger partial charge in [-0.3, -0.25) is 19.3 Å². The number of ether oxygens (including phenoxy) is 2. The zero-order chi connectivity index (χ0) is 13.4. The van der Waals surface area contributed by atoms with Gasteiger partial charge in [0.15, 0.2) is 5.78 Å². The summed E-state index contributed by atoms with van der Waals surface area (Å²) in [6.07, 6.45) is 1.44. The number of fused-ring (bicyclic) bond motifs is 2. The molecule has 0 radical (unpaired) electrons. The molecule has 2 fully saturated rings. The van der Waals surface area contributed by atoms with Crippen LogP contribution in [0.3, 0.4) is 0 Å². The minimum atomic E-state index is -0.872. The molecule has 4 atom stereocenters. The van der Waals surface area contributed by atoms with Gasteiger partial charge in [-0.25, -0.2) is 0 Å². The molecular weight excluding hydrogens is 238 g/mol. The highest BCUT2D eigenvalue weighted by Crippen LogP contribution is 2.40. The van der Waals surface area contributed by atoms with Crippen molar-refractivity contribution in [1.82, 2.24) is 4.90 Å². The Kier molecular flexibility index (Phi) is 3.38. The number of hydrogen-bond donors (Lipinski definition) is 0. The predicted molar refractivity (Wildman–Crippen MR) is 60.6 cm³/mol. The lowest BCUT2D eigenvalue weighted by Gasteiger charge is -2.38. The van der Waals surface area contributed by atoms with Crippen LogP contribution < -0.4 is 0 Å². The number of nitrogens with zero attached hydrogens (tertiary/aromatic N) is 1. The van der Waals surface area contributed by atoms with E-state index in [4.69, 9.17) is 0 Å². The Morgan fingerprint density at radius 3 is 1.78 bits per heavy atom. The number of rotatable bonds is 2. The molecule has 2 heterocycles. The first-order valence-corrected chi connectivity index (χ1v) is 5.94. The van der Waals surface area contributed by atoms with Crippen LogP contribution in [0.5, 0.6) is 0 Å². The maximum absolute atomic E-state index is 12.3. The molecule has 2 saturated heterocycles. The van der Waals surface area contributed by atoms with Gasteiger partial charge in [-0.05, 0) is 19.9 Å². The Labute approximate surface area is 105 Å². The van der Waals surface area contributed by atoms with E-state index in [1.165, 1.54) is 14.2 Å². The van der Waals surface area contributed by atoms with Gasteiger partial charge in [0.25, 0.3) is 0 Å². The molecule has 6 nitrogen and oxygen atoms in total. The lowest BCUT2D eigenvalue weighted by atomic mass is 9.81. The molecule has 2 aliphatic rings. The molecule has 2 bridgehead atoms. The van der Waals surface area contributed by atoms with Crippen molar-refractivity contribution in [2.24, 2.45) is 11.8 Å². The first kappa shape index (κ1) is 13.0. The molecule has 0 unspecified atom stereocenters. The quantitative estimate of drug-likeness (QED) is 0.494. The number of carbonyl (C=O) groups excluding carboxylic acids is 3. The minimum absolute atomic E-state index is 0.157. The van der Waals surface area contributed by atoms with Crippen molar-refractivity contribution in [3.63, 3.8) is 0 Å². The van der Waals surface area contributed by atoms with Gasteiger partial charge in [0.2, 0.25) is 0 Å². The third-order valence-corrected chi connectivity index (χ3v) is 4.10. The lowest BCUT2D eigenvalue weighted by Crippen LogP contribution is -2.57. The van der Waals surface area contributed by atoms with E-state index in [1.807, 2.05) is 11.9 Å². The summed E-state index contributed by atoms with van der Waals surface area (Å²) in [6, 6.07) is -0.313. The summed E-state index contributed by atoms with van der Waals surface area (Å²) in [5.41, 5.74) is 0. The summed E-state index contributed by atoms with van der Waals surface area (Å²) in [4.78, 5) is 37.7. The van der Waals surface area contributed by atoms with Crippen LogP contribution >= 0.6 is 0 Å². The molecule has 2 aliphatic heterocycles. The molecule has 6 heteroatoms. The molecule has 0 N–H and O–H groups in total. The van der Waals surface area contributed by atoms with Crippen LogP contribution in [0, 0.1) is 11.8 Å². The first-order chi connectivity index (χ1) is 8.52. The third-order valence-electron chi connectivity index (χ3n) is 4.10. The van der Waals surface area contributed by atoms with Crippen molar-refractivity contribution in [3.8, 4) is 0 Å². The van der Waals surface area contributed by atoms with E-state index in [0.717, 1.165) is 12.8 Å². The van der Waals surface area contributed by atoms with Gasteiger partial charge < -0.3 is 9.47 Å². The van der Waals surface area contributed by atoms with Crippen LogP contribution in [0.1, 0.15) is 12.8 Å². The van der Waals surface area contributed by atoms with E-state index in [9.17, 15) is 14.4 Å². The number of carbonyl (C=O) groups is 3. The van der Waals surface area contributed by atoms with Crippen LogP contribution in [0.4, 0.5) is 0 Å². The zero-order valence-corrected chi connectivity index (χ0v) is 10.7. The summed E-state index contributed by atoms with van der Waals surface area (Å²) in [7, 11) is 4.34. The normalized spacial score (nSPS) is 35.4. The number of ketones is 1. The van der Waals surface area contributed by atoms with Gasteiger partial charge in [-0.15, -0.1) is 0 Å². The molecule has 0 aromatic heterocycles. The number of esters is 2. The van der Waals surface area contributed by atoms with E-state index >= 15 is 0 Å². The molecule has 0 aromatic rings. The average Bonchev–Trinajstić information content (AvgIpc) is 2.64. The highest BCUT2D eigenvalue weighted by Gasteiger charge is 2.56. The topological polar surface area (TPSA) is 72.9 Å². The number of piperidine rings is 1. The monoisotopic (exact) mass is 255 g/mol. The molecule has 18 heavy (non-hydrogen) atoms. The smallest absolute Gasteiger partial charge is 0.317 e. The summed E-state index contributed by atoms with van der Waals surface area (Å²) < 4.78 is 9.36. The van der Waals surface area contributed by atoms with E-state index in [2.05, 4.69) is 9.47 Å². The maximum atomic E-state index is 12.3. The molecule has 0 saturated carbocycles. The lowest BCUT2D eigenvalue weighted by molar-refractivity contribution is -0.163. The molecule has 2 rings (SSSR count). The van der Waals surface area contributed by atoms with Crippen molar-refractivity contribution in [2.75, 3.05) is 21.3 Å². The SMILES string of the molecule is COC(=O)[C@@H]1C(=O)[C@H](C(=O)OC)[C@H]2CC[C@H]1N2C. The van der Waals surface area contributed by atoms with Gasteiger partial charge in [0.05, 0.1) is 14.2 Å². The third kappa shape index (κ3) is 1.71. The Hall–Kier alpha value is -1.43. The second kappa shape index (κ2) is 4.68. The first-order valence-electron chi connectivity index (χ1n) is 5.94. The Bertz CT molecular complexity index is 360. The van der Waals surface area contributed by atoms with Gasteiger partial charge in [-0.2, -0.15) is 0 Å². The van der Waals surface area contributed by atoms with E-state index in [-0.39, 0.29) is 17.9 Å². The second-order valence-electron chi connectivity index (χ2n) is 4.78. The van der Waals surface area contributed by atoms with Gasteiger partial charge in [0.1, 0.15) is 11.8 Å². The zero-order valence-electron chi connectivity index (χ0n) is 10.7. The molecule has 100 valence electrons. The fraction of sp³-hybridized carbons (Fsp3) is 0.750. The Morgan fingerprint density at radius 2 is 1.44 bits per heavy atom. The van der Waals surface area contributed by atoms with Crippen molar-refractivity contribution in [1.29, 1.82) is 0 Å². The summed E-state index contributed by atoms with van der Waals surface area (Å²) in [5, 5.41) is 0. The number of methoxy groups -OCH3 is 2. The minimum Gasteiger partial charge on any atom is -0.468 e. The van der Waals surface area contributed by atoms with Crippen molar-refractivity contribution < 1.29 is 23.9 Å². The van der Waals surface area contributed by atoms with E-state index in [1.54, 1.807) is 0 Å². The predicted octanol–water partition coefficient (Wildman–Crippen LogP) is -0.390. The molecule has 0 spiro atoms. The number of hydrogen-bond acceptors (Lipinski definition) is 6. The summed E-state index contributed by atoms with van der Waals surface area (Å²) in [6.45, 7) is 0. The fourth-order valence-electron chi connectivity index (χ4n) is 3.17. The molecule has 0 aliphatic carbocycles. The van der Waals surface area contributed by atoms with E-state index in [0.29, 0.717) is 0 Å². The highest BCUT2D eigenvalue weighted by molar-refractivity contribution is 6.10. The molecular formula is C12H17NO5. The van der Waals surface area contributed by atoms with Crippen molar-refractivity contribution in [3.05, 3.63) is 0 Å². The summed E-state index contributed by atoms with van der Waals surface area (Å²) >= 11 is 0. The van der Waals surface area contributed by atoms with Gasteiger partial charge in [-0.1, -0.05) is 0 Å².